The van der Waals surface area contributed by atoms with Gasteiger partial charge in [0.05, 0.1) is 12.1 Å². The smallest absolute Gasteiger partial charge is 0.317 e. The number of benzene rings is 1. The van der Waals surface area contributed by atoms with E-state index in [1.807, 2.05) is 6.07 Å². The van der Waals surface area contributed by atoms with Gasteiger partial charge in [0, 0.05) is 19.0 Å². The monoisotopic (exact) mass is 306 g/mol. The minimum atomic E-state index is -0.392. The zero-order valence-electron chi connectivity index (χ0n) is 12.9. The van der Waals surface area contributed by atoms with Crippen LogP contribution in [0.25, 0.3) is 0 Å². The maximum Gasteiger partial charge on any atom is 0.317 e. The Morgan fingerprint density at radius 3 is 3.05 bits per heavy atom. The number of rotatable bonds is 2. The minimum Gasteiger partial charge on any atom is -0.393 e. The molecule has 0 aromatic heterocycles. The summed E-state index contributed by atoms with van der Waals surface area (Å²) in [6.07, 6.45) is 2.90. The fraction of sp³-hybridized carbons (Fsp3) is 0.588. The molecule has 0 bridgehead atoms. The van der Waals surface area contributed by atoms with Crippen molar-refractivity contribution in [3.8, 4) is 0 Å². The lowest BCUT2D eigenvalue weighted by atomic mass is 9.94. The predicted octanol–water partition coefficient (Wildman–Crippen LogP) is 2.62. The molecule has 0 radical (unpaired) electrons. The van der Waals surface area contributed by atoms with Gasteiger partial charge in [-0.05, 0) is 49.8 Å². The average Bonchev–Trinajstić information content (AvgIpc) is 2.92. The largest absolute Gasteiger partial charge is 0.393 e. The van der Waals surface area contributed by atoms with Gasteiger partial charge in [0.25, 0.3) is 0 Å². The van der Waals surface area contributed by atoms with Crippen molar-refractivity contribution in [2.75, 3.05) is 13.1 Å². The second-order valence-electron chi connectivity index (χ2n) is 6.44. The van der Waals surface area contributed by atoms with Crippen molar-refractivity contribution in [1.82, 2.24) is 10.2 Å². The number of nitrogens with one attached hydrogen (secondary N) is 1. The molecular formula is C17H23FN2O2. The zero-order chi connectivity index (χ0) is 15.7. The first-order chi connectivity index (χ1) is 10.6. The van der Waals surface area contributed by atoms with Crippen molar-refractivity contribution < 1.29 is 14.3 Å². The summed E-state index contributed by atoms with van der Waals surface area (Å²) >= 11 is 0. The van der Waals surface area contributed by atoms with Gasteiger partial charge in [0.15, 0.2) is 0 Å². The number of piperidine rings is 1. The van der Waals surface area contributed by atoms with Gasteiger partial charge in [-0.2, -0.15) is 0 Å². The van der Waals surface area contributed by atoms with Crippen LogP contribution < -0.4 is 5.32 Å². The number of fused-ring (bicyclic) bond motifs is 1. The van der Waals surface area contributed by atoms with E-state index < -0.39 is 6.10 Å². The number of likely N-dealkylation sites (tertiary alicyclic amines) is 1. The molecule has 3 atom stereocenters. The first kappa shape index (κ1) is 15.3. The Morgan fingerprint density at radius 1 is 1.45 bits per heavy atom. The number of aliphatic hydroxyl groups is 1. The van der Waals surface area contributed by atoms with E-state index in [2.05, 4.69) is 5.32 Å². The maximum absolute atomic E-state index is 13.7. The molecule has 1 fully saturated rings. The van der Waals surface area contributed by atoms with E-state index in [0.717, 1.165) is 36.9 Å². The molecule has 1 aliphatic carbocycles. The number of halogens is 1. The highest BCUT2D eigenvalue weighted by atomic mass is 19.1. The standard InChI is InChI=1S/C17H23FN2O2/c1-11(21)12-4-3-9-20(10-12)17(22)19-16-8-7-13-14(16)5-2-6-15(13)18/h2,5-6,11-12,16,21H,3-4,7-10H2,1H3,(H,19,22). The third kappa shape index (κ3) is 2.95. The quantitative estimate of drug-likeness (QED) is 0.882. The van der Waals surface area contributed by atoms with Crippen LogP contribution in [-0.2, 0) is 6.42 Å². The van der Waals surface area contributed by atoms with E-state index in [0.29, 0.717) is 13.0 Å². The summed E-state index contributed by atoms with van der Waals surface area (Å²) in [6.45, 7) is 3.09. The van der Waals surface area contributed by atoms with E-state index in [4.69, 9.17) is 0 Å². The molecule has 0 spiro atoms. The van der Waals surface area contributed by atoms with Gasteiger partial charge in [-0.3, -0.25) is 0 Å². The molecule has 4 nitrogen and oxygen atoms in total. The second-order valence-corrected chi connectivity index (χ2v) is 6.44. The van der Waals surface area contributed by atoms with E-state index in [-0.39, 0.29) is 23.8 Å². The molecule has 120 valence electrons. The van der Waals surface area contributed by atoms with Gasteiger partial charge in [0.2, 0.25) is 0 Å². The third-order valence-electron chi connectivity index (χ3n) is 4.94. The predicted molar refractivity (Wildman–Crippen MR) is 82.0 cm³/mol. The van der Waals surface area contributed by atoms with E-state index >= 15 is 0 Å². The first-order valence-electron chi connectivity index (χ1n) is 8.07. The summed E-state index contributed by atoms with van der Waals surface area (Å²) in [7, 11) is 0. The zero-order valence-corrected chi connectivity index (χ0v) is 12.9. The summed E-state index contributed by atoms with van der Waals surface area (Å²) < 4.78 is 13.7. The van der Waals surface area contributed by atoms with Crippen molar-refractivity contribution >= 4 is 6.03 Å². The Morgan fingerprint density at radius 2 is 2.27 bits per heavy atom. The minimum absolute atomic E-state index is 0.104. The van der Waals surface area contributed by atoms with Crippen LogP contribution in [-0.4, -0.2) is 35.2 Å². The number of aliphatic hydroxyl groups excluding tert-OH is 1. The lowest BCUT2D eigenvalue weighted by molar-refractivity contribution is 0.0733. The fourth-order valence-electron chi connectivity index (χ4n) is 3.59. The Hall–Kier alpha value is -1.62. The number of nitrogens with zero attached hydrogens (tertiary/aromatic N) is 1. The first-order valence-corrected chi connectivity index (χ1v) is 8.07. The van der Waals surface area contributed by atoms with Crippen LogP contribution in [0.5, 0.6) is 0 Å². The van der Waals surface area contributed by atoms with E-state index in [1.54, 1.807) is 17.9 Å². The number of urea groups is 1. The van der Waals surface area contributed by atoms with Crippen LogP contribution in [0, 0.1) is 11.7 Å². The maximum atomic E-state index is 13.7. The van der Waals surface area contributed by atoms with Crippen LogP contribution in [0.15, 0.2) is 18.2 Å². The Kier molecular flexibility index (Phi) is 4.34. The Labute approximate surface area is 130 Å². The molecule has 3 rings (SSSR count). The van der Waals surface area contributed by atoms with Gasteiger partial charge < -0.3 is 15.3 Å². The lowest BCUT2D eigenvalue weighted by Crippen LogP contribution is -2.48. The summed E-state index contributed by atoms with van der Waals surface area (Å²) in [5.74, 6) is -0.0331. The number of hydrogen-bond donors (Lipinski definition) is 2. The van der Waals surface area contributed by atoms with Crippen molar-refractivity contribution in [2.24, 2.45) is 5.92 Å². The van der Waals surface area contributed by atoms with Crippen molar-refractivity contribution in [3.63, 3.8) is 0 Å². The summed E-state index contributed by atoms with van der Waals surface area (Å²) in [6, 6.07) is 4.85. The molecule has 3 unspecified atom stereocenters. The Balaban J connectivity index is 1.65. The highest BCUT2D eigenvalue weighted by Crippen LogP contribution is 2.33. The lowest BCUT2D eigenvalue weighted by Gasteiger charge is -2.34. The van der Waals surface area contributed by atoms with Crippen LogP contribution in [0.1, 0.15) is 43.4 Å². The molecule has 2 N–H and O–H groups in total. The van der Waals surface area contributed by atoms with Crippen LogP contribution in [0.4, 0.5) is 9.18 Å². The molecule has 2 amide bonds. The molecule has 1 aromatic rings. The van der Waals surface area contributed by atoms with E-state index in [9.17, 15) is 14.3 Å². The molecule has 0 saturated carbocycles. The second kappa shape index (κ2) is 6.24. The highest BCUT2D eigenvalue weighted by molar-refractivity contribution is 5.75. The molecule has 22 heavy (non-hydrogen) atoms. The molecule has 2 aliphatic rings. The van der Waals surface area contributed by atoms with E-state index in [1.165, 1.54) is 6.07 Å². The fourth-order valence-corrected chi connectivity index (χ4v) is 3.59. The number of carbonyl (C=O) groups excluding carboxylic acids is 1. The van der Waals surface area contributed by atoms with Crippen LogP contribution in [0.3, 0.4) is 0 Å². The molecule has 1 aromatic carbocycles. The molecule has 1 saturated heterocycles. The molecule has 1 heterocycles. The number of amides is 2. The number of carbonyl (C=O) groups is 1. The van der Waals surface area contributed by atoms with Crippen molar-refractivity contribution in [1.29, 1.82) is 0 Å². The van der Waals surface area contributed by atoms with Crippen LogP contribution >= 0.6 is 0 Å². The van der Waals surface area contributed by atoms with Gasteiger partial charge in [-0.15, -0.1) is 0 Å². The van der Waals surface area contributed by atoms with Gasteiger partial charge in [-0.25, -0.2) is 9.18 Å². The molecular weight excluding hydrogens is 283 g/mol. The summed E-state index contributed by atoms with van der Waals surface area (Å²) in [5, 5.41) is 12.8. The summed E-state index contributed by atoms with van der Waals surface area (Å²) in [4.78, 5) is 14.2. The van der Waals surface area contributed by atoms with Gasteiger partial charge in [-0.1, -0.05) is 12.1 Å². The molecule has 5 heteroatoms. The topological polar surface area (TPSA) is 52.6 Å². The molecule has 1 aliphatic heterocycles. The van der Waals surface area contributed by atoms with Crippen molar-refractivity contribution in [2.45, 2.75) is 44.8 Å². The highest BCUT2D eigenvalue weighted by Gasteiger charge is 2.30. The Bertz CT molecular complexity index is 562. The SMILES string of the molecule is CC(O)C1CCCN(C(=O)NC2CCc3c(F)cccc32)C1. The average molecular weight is 306 g/mol. The van der Waals surface area contributed by atoms with Crippen molar-refractivity contribution in [3.05, 3.63) is 35.1 Å². The number of hydrogen-bond acceptors (Lipinski definition) is 2. The third-order valence-corrected chi connectivity index (χ3v) is 4.94. The van der Waals surface area contributed by atoms with Gasteiger partial charge in [0.1, 0.15) is 5.82 Å². The normalized spacial score (nSPS) is 25.7. The van der Waals surface area contributed by atoms with Gasteiger partial charge >= 0.3 is 6.03 Å². The summed E-state index contributed by atoms with van der Waals surface area (Å²) in [5.41, 5.74) is 1.63. The van der Waals surface area contributed by atoms with Crippen LogP contribution in [0.2, 0.25) is 0 Å².